The van der Waals surface area contributed by atoms with Crippen LogP contribution in [0.5, 0.6) is 0 Å². The predicted octanol–water partition coefficient (Wildman–Crippen LogP) is 1.12. The average molecular weight is 324 g/mol. The third-order valence-electron chi connectivity index (χ3n) is 4.53. The second-order valence-corrected chi connectivity index (χ2v) is 6.52. The van der Waals surface area contributed by atoms with Gasteiger partial charge in [-0.3, -0.25) is 4.79 Å². The fourth-order valence-electron chi connectivity index (χ4n) is 3.15. The number of nitrogens with zero attached hydrogens (tertiary/aromatic N) is 5. The van der Waals surface area contributed by atoms with E-state index in [2.05, 4.69) is 27.0 Å². The number of aromatic nitrogens is 2. The molecule has 0 bridgehead atoms. The van der Waals surface area contributed by atoms with E-state index in [4.69, 9.17) is 11.6 Å². The standard InChI is InChI=1S/C15H22ClN5O/c1-19-7-9-20(10-8-19)15(22)12-3-2-6-21(11-12)14-5-4-13(16)17-18-14/h4-5,12H,2-3,6-11H2,1H3. The zero-order valence-electron chi connectivity index (χ0n) is 12.9. The van der Waals surface area contributed by atoms with Gasteiger partial charge in [0, 0.05) is 39.3 Å². The van der Waals surface area contributed by atoms with Crippen molar-refractivity contribution < 1.29 is 4.79 Å². The zero-order chi connectivity index (χ0) is 15.5. The number of rotatable bonds is 2. The summed E-state index contributed by atoms with van der Waals surface area (Å²) in [6.45, 7) is 5.25. The van der Waals surface area contributed by atoms with Crippen LogP contribution in [-0.2, 0) is 4.79 Å². The molecular weight excluding hydrogens is 302 g/mol. The van der Waals surface area contributed by atoms with Crippen molar-refractivity contribution in [2.75, 3.05) is 51.2 Å². The summed E-state index contributed by atoms with van der Waals surface area (Å²) in [4.78, 5) is 19.1. The van der Waals surface area contributed by atoms with E-state index in [1.54, 1.807) is 6.07 Å². The average Bonchev–Trinajstić information content (AvgIpc) is 2.56. The number of piperazine rings is 1. The van der Waals surface area contributed by atoms with Crippen molar-refractivity contribution in [3.63, 3.8) is 0 Å². The number of amides is 1. The Morgan fingerprint density at radius 2 is 1.95 bits per heavy atom. The van der Waals surface area contributed by atoms with Crippen molar-refractivity contribution >= 4 is 23.3 Å². The second-order valence-electron chi connectivity index (χ2n) is 6.13. The number of likely N-dealkylation sites (N-methyl/N-ethyl adjacent to an activating group) is 1. The summed E-state index contributed by atoms with van der Waals surface area (Å²) in [6.07, 6.45) is 1.97. The van der Waals surface area contributed by atoms with Crippen molar-refractivity contribution in [3.8, 4) is 0 Å². The van der Waals surface area contributed by atoms with E-state index in [0.717, 1.165) is 57.9 Å². The summed E-state index contributed by atoms with van der Waals surface area (Å²) in [5, 5.41) is 8.42. The molecule has 2 aliphatic heterocycles. The van der Waals surface area contributed by atoms with Crippen LogP contribution in [0, 0.1) is 5.92 Å². The molecule has 0 aliphatic carbocycles. The summed E-state index contributed by atoms with van der Waals surface area (Å²) in [5.41, 5.74) is 0. The topological polar surface area (TPSA) is 52.6 Å². The first-order chi connectivity index (χ1) is 10.6. The lowest BCUT2D eigenvalue weighted by atomic mass is 9.96. The predicted molar refractivity (Wildman–Crippen MR) is 86.1 cm³/mol. The summed E-state index contributed by atoms with van der Waals surface area (Å²) < 4.78 is 0. The zero-order valence-corrected chi connectivity index (χ0v) is 13.7. The summed E-state index contributed by atoms with van der Waals surface area (Å²) in [7, 11) is 2.10. The van der Waals surface area contributed by atoms with E-state index < -0.39 is 0 Å². The second kappa shape index (κ2) is 6.79. The Morgan fingerprint density at radius 3 is 2.64 bits per heavy atom. The molecule has 0 saturated carbocycles. The molecule has 1 aromatic heterocycles. The summed E-state index contributed by atoms with van der Waals surface area (Å²) in [6, 6.07) is 3.62. The maximum Gasteiger partial charge on any atom is 0.227 e. The van der Waals surface area contributed by atoms with E-state index in [9.17, 15) is 4.79 Å². The van der Waals surface area contributed by atoms with Crippen molar-refractivity contribution in [1.29, 1.82) is 0 Å². The fourth-order valence-corrected chi connectivity index (χ4v) is 3.25. The number of carbonyl (C=O) groups is 1. The minimum absolute atomic E-state index is 0.0645. The maximum absolute atomic E-state index is 12.7. The van der Waals surface area contributed by atoms with Gasteiger partial charge in [-0.2, -0.15) is 0 Å². The molecule has 0 spiro atoms. The molecule has 2 fully saturated rings. The normalized spacial score (nSPS) is 23.6. The minimum Gasteiger partial charge on any atom is -0.354 e. The lowest BCUT2D eigenvalue weighted by Crippen LogP contribution is -2.51. The van der Waals surface area contributed by atoms with Gasteiger partial charge in [0.05, 0.1) is 5.92 Å². The molecule has 3 heterocycles. The van der Waals surface area contributed by atoms with E-state index in [1.165, 1.54) is 0 Å². The molecule has 1 aromatic rings. The maximum atomic E-state index is 12.7. The van der Waals surface area contributed by atoms with Crippen LogP contribution in [0.1, 0.15) is 12.8 Å². The number of anilines is 1. The molecule has 7 heteroatoms. The van der Waals surface area contributed by atoms with Crippen LogP contribution in [0.25, 0.3) is 0 Å². The van der Waals surface area contributed by atoms with E-state index in [0.29, 0.717) is 11.1 Å². The van der Waals surface area contributed by atoms with Gasteiger partial charge in [0.1, 0.15) is 0 Å². The first-order valence-corrected chi connectivity index (χ1v) is 8.23. The molecule has 1 amide bonds. The molecule has 0 aromatic carbocycles. The van der Waals surface area contributed by atoms with Crippen LogP contribution in [0.3, 0.4) is 0 Å². The summed E-state index contributed by atoms with van der Waals surface area (Å²) in [5.74, 6) is 1.16. The van der Waals surface area contributed by atoms with Crippen LogP contribution in [0.2, 0.25) is 5.15 Å². The van der Waals surface area contributed by atoms with Crippen molar-refractivity contribution in [2.24, 2.45) is 5.92 Å². The van der Waals surface area contributed by atoms with Gasteiger partial charge in [0.15, 0.2) is 11.0 Å². The smallest absolute Gasteiger partial charge is 0.227 e. The van der Waals surface area contributed by atoms with Crippen LogP contribution >= 0.6 is 11.6 Å². The Morgan fingerprint density at radius 1 is 1.18 bits per heavy atom. The molecule has 0 radical (unpaired) electrons. The molecule has 2 aliphatic rings. The highest BCUT2D eigenvalue weighted by atomic mass is 35.5. The Bertz CT molecular complexity index is 515. The van der Waals surface area contributed by atoms with E-state index in [1.807, 2.05) is 11.0 Å². The Labute approximate surface area is 136 Å². The molecule has 22 heavy (non-hydrogen) atoms. The van der Waals surface area contributed by atoms with E-state index >= 15 is 0 Å². The molecule has 0 N–H and O–H groups in total. The minimum atomic E-state index is 0.0645. The molecule has 120 valence electrons. The van der Waals surface area contributed by atoms with Crippen molar-refractivity contribution in [1.82, 2.24) is 20.0 Å². The van der Waals surface area contributed by atoms with Crippen molar-refractivity contribution in [3.05, 3.63) is 17.3 Å². The van der Waals surface area contributed by atoms with Gasteiger partial charge in [-0.05, 0) is 32.0 Å². The highest BCUT2D eigenvalue weighted by Gasteiger charge is 2.31. The third kappa shape index (κ3) is 3.50. The van der Waals surface area contributed by atoms with Gasteiger partial charge in [-0.1, -0.05) is 11.6 Å². The van der Waals surface area contributed by atoms with Gasteiger partial charge in [0.25, 0.3) is 0 Å². The first-order valence-electron chi connectivity index (χ1n) is 7.85. The Hall–Kier alpha value is -1.40. The Balaban J connectivity index is 1.62. The number of carbonyl (C=O) groups excluding carboxylic acids is 1. The molecule has 1 unspecified atom stereocenters. The van der Waals surface area contributed by atoms with Gasteiger partial charge in [-0.15, -0.1) is 10.2 Å². The van der Waals surface area contributed by atoms with E-state index in [-0.39, 0.29) is 5.92 Å². The first kappa shape index (κ1) is 15.5. The van der Waals surface area contributed by atoms with Crippen LogP contribution in [-0.4, -0.2) is 72.2 Å². The largest absolute Gasteiger partial charge is 0.354 e. The lowest BCUT2D eigenvalue weighted by Gasteiger charge is -2.38. The Kier molecular flexibility index (Phi) is 4.78. The molecule has 3 rings (SSSR count). The van der Waals surface area contributed by atoms with Gasteiger partial charge < -0.3 is 14.7 Å². The highest BCUT2D eigenvalue weighted by molar-refractivity contribution is 6.29. The fraction of sp³-hybridized carbons (Fsp3) is 0.667. The SMILES string of the molecule is CN1CCN(C(=O)C2CCCN(c3ccc(Cl)nn3)C2)CC1. The van der Waals surface area contributed by atoms with Crippen LogP contribution < -0.4 is 4.90 Å². The third-order valence-corrected chi connectivity index (χ3v) is 4.73. The van der Waals surface area contributed by atoms with Gasteiger partial charge >= 0.3 is 0 Å². The summed E-state index contributed by atoms with van der Waals surface area (Å²) >= 11 is 5.79. The lowest BCUT2D eigenvalue weighted by molar-refractivity contribution is -0.137. The molecule has 6 nitrogen and oxygen atoms in total. The quantitative estimate of drug-likeness (QED) is 0.816. The molecular formula is C15H22ClN5O. The van der Waals surface area contributed by atoms with Gasteiger partial charge in [0.2, 0.25) is 5.91 Å². The molecule has 2 saturated heterocycles. The number of hydrogen-bond acceptors (Lipinski definition) is 5. The number of hydrogen-bond donors (Lipinski definition) is 0. The monoisotopic (exact) mass is 323 g/mol. The van der Waals surface area contributed by atoms with Crippen molar-refractivity contribution in [2.45, 2.75) is 12.8 Å². The number of piperidine rings is 1. The van der Waals surface area contributed by atoms with Crippen LogP contribution in [0.15, 0.2) is 12.1 Å². The number of halogens is 1. The van der Waals surface area contributed by atoms with Gasteiger partial charge in [-0.25, -0.2) is 0 Å². The highest BCUT2D eigenvalue weighted by Crippen LogP contribution is 2.23. The molecule has 1 atom stereocenters. The van der Waals surface area contributed by atoms with Crippen LogP contribution in [0.4, 0.5) is 5.82 Å².